The van der Waals surface area contributed by atoms with E-state index in [1.54, 1.807) is 24.4 Å². The number of carbonyl (C=O) groups is 2. The third kappa shape index (κ3) is 3.20. The minimum absolute atomic E-state index is 0.200. The number of imide groups is 1. The third-order valence-corrected chi connectivity index (χ3v) is 4.94. The Kier molecular flexibility index (Phi) is 4.42. The van der Waals surface area contributed by atoms with Crippen molar-refractivity contribution in [3.05, 3.63) is 34.7 Å². The van der Waals surface area contributed by atoms with Gasteiger partial charge in [-0.05, 0) is 37.6 Å². The number of fused-ring (bicyclic) bond motifs is 1. The van der Waals surface area contributed by atoms with Crippen LogP contribution in [0.25, 0.3) is 10.8 Å². The van der Waals surface area contributed by atoms with Gasteiger partial charge < -0.3 is 10.1 Å². The third-order valence-electron chi connectivity index (χ3n) is 4.94. The van der Waals surface area contributed by atoms with Gasteiger partial charge in [-0.3, -0.25) is 19.7 Å². The Morgan fingerprint density at radius 2 is 2.12 bits per heavy atom. The van der Waals surface area contributed by atoms with E-state index in [-0.39, 0.29) is 24.3 Å². The van der Waals surface area contributed by atoms with Crippen molar-refractivity contribution < 1.29 is 14.3 Å². The van der Waals surface area contributed by atoms with E-state index in [0.29, 0.717) is 29.0 Å². The Balaban J connectivity index is 1.57. The Labute approximate surface area is 149 Å². The Hall–Kier alpha value is -2.74. The molecule has 2 aliphatic heterocycles. The monoisotopic (exact) mass is 356 g/mol. The van der Waals surface area contributed by atoms with Crippen LogP contribution in [0.4, 0.5) is 0 Å². The molecule has 2 amide bonds. The second-order valence-corrected chi connectivity index (χ2v) is 6.78. The van der Waals surface area contributed by atoms with Crippen LogP contribution in [-0.4, -0.2) is 41.3 Å². The molecule has 0 spiro atoms. The van der Waals surface area contributed by atoms with Gasteiger partial charge in [0.25, 0.3) is 11.5 Å². The van der Waals surface area contributed by atoms with Crippen molar-refractivity contribution in [3.8, 4) is 5.75 Å². The van der Waals surface area contributed by atoms with Crippen molar-refractivity contribution in [1.29, 1.82) is 0 Å². The van der Waals surface area contributed by atoms with Crippen molar-refractivity contribution in [2.24, 2.45) is 5.92 Å². The summed E-state index contributed by atoms with van der Waals surface area (Å²) in [7, 11) is 0. The molecule has 2 N–H and O–H groups in total. The van der Waals surface area contributed by atoms with Gasteiger partial charge in [0, 0.05) is 24.3 Å². The molecule has 26 heavy (non-hydrogen) atoms. The lowest BCUT2D eigenvalue weighted by molar-refractivity contribution is -0.136. The SMILES string of the molecule is O=C1CCC(n2ncc3cc(OC[C@H]4CCNC4)ccc3c2=O)C(=O)N1. The molecular weight excluding hydrogens is 336 g/mol. The van der Waals surface area contributed by atoms with Crippen molar-refractivity contribution in [2.45, 2.75) is 25.3 Å². The van der Waals surface area contributed by atoms with Gasteiger partial charge in [0.1, 0.15) is 11.8 Å². The zero-order valence-electron chi connectivity index (χ0n) is 14.2. The van der Waals surface area contributed by atoms with E-state index in [1.807, 2.05) is 0 Å². The summed E-state index contributed by atoms with van der Waals surface area (Å²) in [6, 6.07) is 4.50. The molecule has 3 heterocycles. The van der Waals surface area contributed by atoms with E-state index in [2.05, 4.69) is 15.7 Å². The van der Waals surface area contributed by atoms with E-state index >= 15 is 0 Å². The molecule has 2 saturated heterocycles. The number of hydrogen-bond donors (Lipinski definition) is 2. The van der Waals surface area contributed by atoms with E-state index in [0.717, 1.165) is 24.2 Å². The number of rotatable bonds is 4. The van der Waals surface area contributed by atoms with E-state index in [1.165, 1.54) is 0 Å². The van der Waals surface area contributed by atoms with Gasteiger partial charge >= 0.3 is 0 Å². The van der Waals surface area contributed by atoms with Gasteiger partial charge in [0.15, 0.2) is 0 Å². The maximum atomic E-state index is 12.7. The Bertz CT molecular complexity index is 917. The molecule has 2 fully saturated rings. The largest absolute Gasteiger partial charge is 0.493 e. The summed E-state index contributed by atoms with van der Waals surface area (Å²) in [6.45, 7) is 2.63. The van der Waals surface area contributed by atoms with Crippen LogP contribution >= 0.6 is 0 Å². The number of hydrogen-bond acceptors (Lipinski definition) is 6. The number of aromatic nitrogens is 2. The van der Waals surface area contributed by atoms with Gasteiger partial charge in [-0.25, -0.2) is 4.68 Å². The standard InChI is InChI=1S/C18H20N4O4/c23-16-4-3-15(17(24)21-16)22-18(25)14-2-1-13(7-12(14)9-20-22)26-10-11-5-6-19-8-11/h1-2,7,9,11,15,19H,3-6,8,10H2,(H,21,23,24)/t11-,15?/m0/s1. The highest BCUT2D eigenvalue weighted by Gasteiger charge is 2.29. The molecular formula is C18H20N4O4. The molecule has 8 nitrogen and oxygen atoms in total. The van der Waals surface area contributed by atoms with E-state index in [4.69, 9.17) is 4.74 Å². The lowest BCUT2D eigenvalue weighted by Crippen LogP contribution is -2.45. The molecule has 4 rings (SSSR count). The fourth-order valence-electron chi connectivity index (χ4n) is 3.44. The van der Waals surface area contributed by atoms with Gasteiger partial charge in [-0.1, -0.05) is 0 Å². The first-order valence-corrected chi connectivity index (χ1v) is 8.80. The Morgan fingerprint density at radius 1 is 1.23 bits per heavy atom. The predicted octanol–water partition coefficient (Wildman–Crippen LogP) is 0.362. The van der Waals surface area contributed by atoms with Crippen LogP contribution in [0, 0.1) is 5.92 Å². The normalized spacial score (nSPS) is 23.2. The first kappa shape index (κ1) is 16.7. The van der Waals surface area contributed by atoms with E-state index in [9.17, 15) is 14.4 Å². The van der Waals surface area contributed by atoms with Crippen LogP contribution in [-0.2, 0) is 9.59 Å². The molecule has 0 saturated carbocycles. The second-order valence-electron chi connectivity index (χ2n) is 6.78. The number of carbonyl (C=O) groups excluding carboxylic acids is 2. The molecule has 0 bridgehead atoms. The minimum atomic E-state index is -0.754. The molecule has 136 valence electrons. The number of benzene rings is 1. The van der Waals surface area contributed by atoms with Crippen LogP contribution in [0.15, 0.2) is 29.2 Å². The maximum absolute atomic E-state index is 12.7. The van der Waals surface area contributed by atoms with Crippen LogP contribution in [0.5, 0.6) is 5.75 Å². The van der Waals surface area contributed by atoms with Gasteiger partial charge in [0.2, 0.25) is 5.91 Å². The highest BCUT2D eigenvalue weighted by Crippen LogP contribution is 2.21. The highest BCUT2D eigenvalue weighted by molar-refractivity contribution is 5.99. The molecule has 2 aromatic rings. The molecule has 0 radical (unpaired) electrons. The molecule has 2 atom stereocenters. The van der Waals surface area contributed by atoms with Crippen LogP contribution < -0.4 is 20.9 Å². The quantitative estimate of drug-likeness (QED) is 0.767. The number of nitrogens with one attached hydrogen (secondary N) is 2. The van der Waals surface area contributed by atoms with Crippen molar-refractivity contribution in [3.63, 3.8) is 0 Å². The van der Waals surface area contributed by atoms with Crippen molar-refractivity contribution >= 4 is 22.6 Å². The number of piperidine rings is 1. The summed E-state index contributed by atoms with van der Waals surface area (Å²) in [5, 5.41) is 10.8. The van der Waals surface area contributed by atoms with E-state index < -0.39 is 11.9 Å². The summed E-state index contributed by atoms with van der Waals surface area (Å²) < 4.78 is 7.00. The average Bonchev–Trinajstić information content (AvgIpc) is 3.15. The number of nitrogens with zero attached hydrogens (tertiary/aromatic N) is 2. The number of amides is 2. The lowest BCUT2D eigenvalue weighted by atomic mass is 10.1. The fraction of sp³-hybridized carbons (Fsp3) is 0.444. The molecule has 0 aliphatic carbocycles. The van der Waals surface area contributed by atoms with Crippen molar-refractivity contribution in [1.82, 2.24) is 20.4 Å². The molecule has 1 aromatic carbocycles. The second kappa shape index (κ2) is 6.87. The number of ether oxygens (including phenoxy) is 1. The maximum Gasteiger partial charge on any atom is 0.275 e. The summed E-state index contributed by atoms with van der Waals surface area (Å²) in [5.74, 6) is 0.397. The smallest absolute Gasteiger partial charge is 0.275 e. The van der Waals surface area contributed by atoms with Gasteiger partial charge in [-0.2, -0.15) is 5.10 Å². The predicted molar refractivity (Wildman–Crippen MR) is 93.9 cm³/mol. The zero-order valence-corrected chi connectivity index (χ0v) is 14.2. The molecule has 1 unspecified atom stereocenters. The lowest BCUT2D eigenvalue weighted by Gasteiger charge is -2.21. The summed E-state index contributed by atoms with van der Waals surface area (Å²) in [5.41, 5.74) is -0.344. The van der Waals surface area contributed by atoms with Gasteiger partial charge in [0.05, 0.1) is 18.2 Å². The Morgan fingerprint density at radius 3 is 2.88 bits per heavy atom. The first-order chi connectivity index (χ1) is 12.6. The van der Waals surface area contributed by atoms with Gasteiger partial charge in [-0.15, -0.1) is 0 Å². The fourth-order valence-corrected chi connectivity index (χ4v) is 3.44. The van der Waals surface area contributed by atoms with Crippen LogP contribution in [0.1, 0.15) is 25.3 Å². The molecule has 1 aromatic heterocycles. The van der Waals surface area contributed by atoms with Crippen molar-refractivity contribution in [2.75, 3.05) is 19.7 Å². The average molecular weight is 356 g/mol. The minimum Gasteiger partial charge on any atom is -0.493 e. The molecule has 2 aliphatic rings. The first-order valence-electron chi connectivity index (χ1n) is 8.80. The topological polar surface area (TPSA) is 102 Å². The molecule has 8 heteroatoms. The summed E-state index contributed by atoms with van der Waals surface area (Å²) in [4.78, 5) is 36.0. The summed E-state index contributed by atoms with van der Waals surface area (Å²) in [6.07, 6.45) is 3.14. The summed E-state index contributed by atoms with van der Waals surface area (Å²) >= 11 is 0. The van der Waals surface area contributed by atoms with Crippen LogP contribution in [0.3, 0.4) is 0 Å². The van der Waals surface area contributed by atoms with Crippen LogP contribution in [0.2, 0.25) is 0 Å². The highest BCUT2D eigenvalue weighted by atomic mass is 16.5. The zero-order chi connectivity index (χ0) is 18.1.